The van der Waals surface area contributed by atoms with E-state index in [0.717, 1.165) is 0 Å². The Bertz CT molecular complexity index is 307. The molecule has 0 saturated heterocycles. The minimum atomic E-state index is 0.0897. The molecular formula is C8H13ClN4O. The number of aromatic nitrogens is 2. The molecule has 1 rings (SSSR count). The van der Waals surface area contributed by atoms with Gasteiger partial charge in [-0.3, -0.25) is 0 Å². The van der Waals surface area contributed by atoms with Crippen LogP contribution in [-0.2, 0) is 4.74 Å². The number of nitrogens with one attached hydrogen (secondary N) is 1. The summed E-state index contributed by atoms with van der Waals surface area (Å²) in [6, 6.07) is 1.55. The highest BCUT2D eigenvalue weighted by Gasteiger charge is 2.04. The summed E-state index contributed by atoms with van der Waals surface area (Å²) in [5.74, 6) is 0.526. The molecule has 78 valence electrons. The number of hydrogen-bond donors (Lipinski definition) is 2. The van der Waals surface area contributed by atoms with Crippen LogP contribution in [0, 0.1) is 0 Å². The van der Waals surface area contributed by atoms with E-state index < -0.39 is 0 Å². The first kappa shape index (κ1) is 11.0. The van der Waals surface area contributed by atoms with Crippen molar-refractivity contribution in [3.05, 3.63) is 11.2 Å². The first-order valence-corrected chi connectivity index (χ1v) is 4.56. The maximum Gasteiger partial charge on any atom is 0.172 e. The van der Waals surface area contributed by atoms with Crippen molar-refractivity contribution in [2.75, 3.05) is 24.7 Å². The number of hydrogen-bond acceptors (Lipinski definition) is 5. The van der Waals surface area contributed by atoms with Gasteiger partial charge >= 0.3 is 0 Å². The summed E-state index contributed by atoms with van der Waals surface area (Å²) in [5.41, 5.74) is 6.14. The lowest BCUT2D eigenvalue weighted by Gasteiger charge is -2.11. The normalized spacial score (nSPS) is 12.5. The van der Waals surface area contributed by atoms with Crippen molar-refractivity contribution in [2.24, 2.45) is 0 Å². The van der Waals surface area contributed by atoms with Crippen LogP contribution < -0.4 is 11.1 Å². The third-order valence-electron chi connectivity index (χ3n) is 1.75. The maximum atomic E-state index is 5.66. The fraction of sp³-hybridized carbons (Fsp3) is 0.500. The Hall–Kier alpha value is -1.07. The molecule has 0 spiro atoms. The molecule has 0 aliphatic carbocycles. The average Bonchev–Trinajstić information content (AvgIpc) is 2.16. The molecule has 3 N–H and O–H groups in total. The van der Waals surface area contributed by atoms with Gasteiger partial charge in [0.15, 0.2) is 11.0 Å². The van der Waals surface area contributed by atoms with E-state index in [1.165, 1.54) is 0 Å². The van der Waals surface area contributed by atoms with Crippen LogP contribution in [0.3, 0.4) is 0 Å². The quantitative estimate of drug-likeness (QED) is 0.790. The second-order valence-electron chi connectivity index (χ2n) is 2.90. The number of rotatable bonds is 4. The van der Waals surface area contributed by atoms with Crippen LogP contribution in [0.5, 0.6) is 0 Å². The van der Waals surface area contributed by atoms with E-state index in [-0.39, 0.29) is 11.3 Å². The molecule has 0 fully saturated rings. The van der Waals surface area contributed by atoms with E-state index in [1.807, 2.05) is 6.92 Å². The minimum absolute atomic E-state index is 0.0897. The molecule has 0 aliphatic rings. The summed E-state index contributed by atoms with van der Waals surface area (Å²) in [6.45, 7) is 2.56. The number of nitrogen functional groups attached to an aromatic ring is 1. The second kappa shape index (κ2) is 4.97. The van der Waals surface area contributed by atoms with Crippen molar-refractivity contribution in [3.8, 4) is 0 Å². The van der Waals surface area contributed by atoms with Crippen LogP contribution in [0.15, 0.2) is 6.07 Å². The summed E-state index contributed by atoms with van der Waals surface area (Å²) in [7, 11) is 1.64. The number of nitrogens with zero attached hydrogens (tertiary/aromatic N) is 2. The second-order valence-corrected chi connectivity index (χ2v) is 3.29. The Labute approximate surface area is 87.6 Å². The van der Waals surface area contributed by atoms with Gasteiger partial charge in [-0.05, 0) is 6.92 Å². The first-order valence-electron chi connectivity index (χ1n) is 4.19. The molecule has 0 aromatic carbocycles. The van der Waals surface area contributed by atoms with E-state index in [1.54, 1.807) is 13.2 Å². The Morgan fingerprint density at radius 3 is 2.93 bits per heavy atom. The van der Waals surface area contributed by atoms with Crippen LogP contribution in [0.4, 0.5) is 11.5 Å². The third-order valence-corrected chi connectivity index (χ3v) is 1.94. The van der Waals surface area contributed by atoms with Gasteiger partial charge in [-0.25, -0.2) is 0 Å². The first-order chi connectivity index (χ1) is 6.63. The Morgan fingerprint density at radius 2 is 2.36 bits per heavy atom. The van der Waals surface area contributed by atoms with E-state index in [0.29, 0.717) is 18.1 Å². The van der Waals surface area contributed by atoms with E-state index in [9.17, 15) is 0 Å². The summed E-state index contributed by atoms with van der Waals surface area (Å²) in [6.07, 6.45) is 0.0897. The molecule has 1 aromatic rings. The van der Waals surface area contributed by atoms with Crippen LogP contribution in [0.2, 0.25) is 5.15 Å². The van der Waals surface area contributed by atoms with Gasteiger partial charge in [0.2, 0.25) is 0 Å². The molecule has 0 radical (unpaired) electrons. The molecule has 1 aromatic heterocycles. The topological polar surface area (TPSA) is 73.1 Å². The largest absolute Gasteiger partial charge is 0.396 e. The van der Waals surface area contributed by atoms with Gasteiger partial charge in [0.1, 0.15) is 0 Å². The summed E-state index contributed by atoms with van der Waals surface area (Å²) < 4.78 is 5.06. The average molecular weight is 217 g/mol. The van der Waals surface area contributed by atoms with Gasteiger partial charge in [0.05, 0.1) is 11.8 Å². The lowest BCUT2D eigenvalue weighted by Crippen LogP contribution is -2.19. The third kappa shape index (κ3) is 3.01. The lowest BCUT2D eigenvalue weighted by molar-refractivity contribution is 0.128. The number of ether oxygens (including phenoxy) is 1. The predicted octanol–water partition coefficient (Wildman–Crippen LogP) is 1.16. The lowest BCUT2D eigenvalue weighted by atomic mass is 10.4. The van der Waals surface area contributed by atoms with Crippen molar-refractivity contribution in [3.63, 3.8) is 0 Å². The highest BCUT2D eigenvalue weighted by Crippen LogP contribution is 2.16. The molecule has 5 nitrogen and oxygen atoms in total. The van der Waals surface area contributed by atoms with Gasteiger partial charge in [0, 0.05) is 19.7 Å². The molecule has 1 atom stereocenters. The predicted molar refractivity (Wildman–Crippen MR) is 56.4 cm³/mol. The van der Waals surface area contributed by atoms with Crippen molar-refractivity contribution < 1.29 is 4.74 Å². The van der Waals surface area contributed by atoms with Crippen molar-refractivity contribution in [2.45, 2.75) is 13.0 Å². The van der Waals surface area contributed by atoms with Crippen molar-refractivity contribution in [1.82, 2.24) is 10.2 Å². The van der Waals surface area contributed by atoms with Crippen LogP contribution >= 0.6 is 11.6 Å². The molecule has 0 amide bonds. The van der Waals surface area contributed by atoms with E-state index in [2.05, 4.69) is 15.5 Å². The molecule has 14 heavy (non-hydrogen) atoms. The van der Waals surface area contributed by atoms with Crippen LogP contribution in [-0.4, -0.2) is 30.0 Å². The summed E-state index contributed by atoms with van der Waals surface area (Å²) in [5, 5.41) is 10.8. The number of halogens is 1. The molecule has 1 unspecified atom stereocenters. The summed E-state index contributed by atoms with van der Waals surface area (Å²) >= 11 is 5.60. The zero-order valence-electron chi connectivity index (χ0n) is 8.12. The monoisotopic (exact) mass is 216 g/mol. The highest BCUT2D eigenvalue weighted by molar-refractivity contribution is 6.29. The minimum Gasteiger partial charge on any atom is -0.396 e. The van der Waals surface area contributed by atoms with Crippen molar-refractivity contribution >= 4 is 23.1 Å². The SMILES string of the molecule is COC(C)CNc1nnc(Cl)cc1N. The number of nitrogens with two attached hydrogens (primary N) is 1. The smallest absolute Gasteiger partial charge is 0.172 e. The van der Waals surface area contributed by atoms with E-state index in [4.69, 9.17) is 22.1 Å². The van der Waals surface area contributed by atoms with Crippen LogP contribution in [0.1, 0.15) is 6.92 Å². The highest BCUT2D eigenvalue weighted by atomic mass is 35.5. The Morgan fingerprint density at radius 1 is 1.64 bits per heavy atom. The summed E-state index contributed by atoms with van der Waals surface area (Å²) in [4.78, 5) is 0. The van der Waals surface area contributed by atoms with Gasteiger partial charge in [-0.2, -0.15) is 0 Å². The van der Waals surface area contributed by atoms with Crippen molar-refractivity contribution in [1.29, 1.82) is 0 Å². The number of methoxy groups -OCH3 is 1. The molecule has 1 heterocycles. The fourth-order valence-corrected chi connectivity index (χ4v) is 0.998. The zero-order chi connectivity index (χ0) is 10.6. The zero-order valence-corrected chi connectivity index (χ0v) is 8.88. The van der Waals surface area contributed by atoms with E-state index >= 15 is 0 Å². The van der Waals surface area contributed by atoms with Gasteiger partial charge in [-0.15, -0.1) is 10.2 Å². The van der Waals surface area contributed by atoms with Gasteiger partial charge in [0.25, 0.3) is 0 Å². The van der Waals surface area contributed by atoms with Crippen LogP contribution in [0.25, 0.3) is 0 Å². The molecule has 6 heteroatoms. The molecular weight excluding hydrogens is 204 g/mol. The molecule has 0 saturated carbocycles. The van der Waals surface area contributed by atoms with Gasteiger partial charge in [-0.1, -0.05) is 11.6 Å². The Balaban J connectivity index is 2.59. The Kier molecular flexibility index (Phi) is 3.91. The fourth-order valence-electron chi connectivity index (χ4n) is 0.842. The number of anilines is 2. The molecule has 0 aliphatic heterocycles. The maximum absolute atomic E-state index is 5.66. The van der Waals surface area contributed by atoms with Gasteiger partial charge < -0.3 is 15.8 Å². The molecule has 0 bridgehead atoms. The standard InChI is InChI=1S/C8H13ClN4O/c1-5(14-2)4-11-8-6(10)3-7(9)12-13-8/h3,5H,4H2,1-2H3,(H2,10,12)(H,11,13).